The van der Waals surface area contributed by atoms with Gasteiger partial charge in [0.2, 0.25) is 0 Å². The van der Waals surface area contributed by atoms with E-state index >= 15 is 0 Å². The van der Waals surface area contributed by atoms with Gasteiger partial charge in [0.1, 0.15) is 12.2 Å². The summed E-state index contributed by atoms with van der Waals surface area (Å²) >= 11 is 2.05. The second-order valence-corrected chi connectivity index (χ2v) is 5.16. The molecular formula is C10H19N5S. The van der Waals surface area contributed by atoms with Gasteiger partial charge in [-0.15, -0.1) is 0 Å². The normalized spacial score (nSPS) is 17.8. The van der Waals surface area contributed by atoms with Gasteiger partial charge in [-0.05, 0) is 0 Å². The molecule has 1 N–H and O–H groups in total. The zero-order valence-corrected chi connectivity index (χ0v) is 10.5. The van der Waals surface area contributed by atoms with E-state index < -0.39 is 0 Å². The molecule has 2 heterocycles. The molecule has 1 aromatic heterocycles. The molecule has 0 atom stereocenters. The lowest BCUT2D eigenvalue weighted by molar-refractivity contribution is 0.300. The summed E-state index contributed by atoms with van der Waals surface area (Å²) < 4.78 is 1.81. The van der Waals surface area contributed by atoms with Crippen LogP contribution in [0.2, 0.25) is 0 Å². The van der Waals surface area contributed by atoms with E-state index in [4.69, 9.17) is 0 Å². The molecule has 1 fully saturated rings. The summed E-state index contributed by atoms with van der Waals surface area (Å²) in [6.45, 7) is 5.43. The van der Waals surface area contributed by atoms with E-state index in [0.717, 1.165) is 25.5 Å². The SMILES string of the molecule is Cn1ncnc1CNCCN1CCSCC1. The third-order valence-electron chi connectivity index (χ3n) is 2.80. The minimum atomic E-state index is 0.805. The Morgan fingerprint density at radius 3 is 2.94 bits per heavy atom. The molecule has 0 amide bonds. The smallest absolute Gasteiger partial charge is 0.140 e. The molecular weight excluding hydrogens is 222 g/mol. The van der Waals surface area contributed by atoms with Crippen LogP contribution in [0.4, 0.5) is 0 Å². The fourth-order valence-electron chi connectivity index (χ4n) is 1.74. The first-order chi connectivity index (χ1) is 7.86. The highest BCUT2D eigenvalue weighted by atomic mass is 32.2. The van der Waals surface area contributed by atoms with Gasteiger partial charge >= 0.3 is 0 Å². The van der Waals surface area contributed by atoms with Crippen molar-refractivity contribution < 1.29 is 0 Å². The largest absolute Gasteiger partial charge is 0.309 e. The molecule has 0 spiro atoms. The highest BCUT2D eigenvalue weighted by Crippen LogP contribution is 2.07. The van der Waals surface area contributed by atoms with Crippen LogP contribution in [0.3, 0.4) is 0 Å². The number of nitrogens with one attached hydrogen (secondary N) is 1. The third kappa shape index (κ3) is 3.47. The maximum atomic E-state index is 4.17. The van der Waals surface area contributed by atoms with Gasteiger partial charge in [-0.2, -0.15) is 16.9 Å². The van der Waals surface area contributed by atoms with Gasteiger partial charge in [0.15, 0.2) is 0 Å². The number of nitrogens with zero attached hydrogens (tertiary/aromatic N) is 4. The van der Waals surface area contributed by atoms with Crippen LogP contribution in [0.15, 0.2) is 6.33 Å². The monoisotopic (exact) mass is 241 g/mol. The zero-order chi connectivity index (χ0) is 11.2. The Morgan fingerprint density at radius 2 is 2.25 bits per heavy atom. The van der Waals surface area contributed by atoms with Crippen LogP contribution in [0.25, 0.3) is 0 Å². The van der Waals surface area contributed by atoms with Gasteiger partial charge in [0.05, 0.1) is 6.54 Å². The summed E-state index contributed by atoms with van der Waals surface area (Å²) in [5, 5.41) is 7.44. The molecule has 0 aliphatic carbocycles. The van der Waals surface area contributed by atoms with Crippen LogP contribution in [-0.4, -0.2) is 57.3 Å². The van der Waals surface area contributed by atoms with Crippen LogP contribution in [0, 0.1) is 0 Å². The molecule has 2 rings (SSSR count). The maximum absolute atomic E-state index is 4.17. The molecule has 0 saturated carbocycles. The molecule has 1 aromatic rings. The molecule has 0 aromatic carbocycles. The van der Waals surface area contributed by atoms with Crippen molar-refractivity contribution in [3.8, 4) is 0 Å². The Balaban J connectivity index is 1.59. The Bertz CT molecular complexity index is 308. The second kappa shape index (κ2) is 6.22. The van der Waals surface area contributed by atoms with E-state index in [-0.39, 0.29) is 0 Å². The summed E-state index contributed by atoms with van der Waals surface area (Å²) in [5.74, 6) is 3.56. The van der Waals surface area contributed by atoms with Crippen LogP contribution in [-0.2, 0) is 13.6 Å². The molecule has 6 heteroatoms. The quantitative estimate of drug-likeness (QED) is 0.733. The summed E-state index contributed by atoms with van der Waals surface area (Å²) in [6.07, 6.45) is 1.60. The molecule has 1 saturated heterocycles. The number of aromatic nitrogens is 3. The second-order valence-electron chi connectivity index (χ2n) is 3.93. The first-order valence-corrected chi connectivity index (χ1v) is 6.85. The van der Waals surface area contributed by atoms with Crippen molar-refractivity contribution in [3.05, 3.63) is 12.2 Å². The molecule has 1 aliphatic heterocycles. The predicted molar refractivity (Wildman–Crippen MR) is 66.5 cm³/mol. The molecule has 16 heavy (non-hydrogen) atoms. The number of rotatable bonds is 5. The van der Waals surface area contributed by atoms with Gasteiger partial charge < -0.3 is 10.2 Å². The van der Waals surface area contributed by atoms with Gasteiger partial charge in [-0.1, -0.05) is 0 Å². The predicted octanol–water partition coefficient (Wildman–Crippen LogP) is -0.0465. The average Bonchev–Trinajstić information content (AvgIpc) is 2.72. The van der Waals surface area contributed by atoms with Crippen LogP contribution >= 0.6 is 11.8 Å². The van der Waals surface area contributed by atoms with Crippen molar-refractivity contribution in [2.24, 2.45) is 7.05 Å². The first-order valence-electron chi connectivity index (χ1n) is 5.70. The van der Waals surface area contributed by atoms with Gasteiger partial charge in [0, 0.05) is 44.7 Å². The van der Waals surface area contributed by atoms with Crippen LogP contribution in [0.1, 0.15) is 5.82 Å². The first kappa shape index (κ1) is 11.9. The third-order valence-corrected chi connectivity index (χ3v) is 3.74. The Morgan fingerprint density at radius 1 is 1.44 bits per heavy atom. The van der Waals surface area contributed by atoms with E-state index in [1.807, 2.05) is 11.7 Å². The van der Waals surface area contributed by atoms with Gasteiger partial charge in [0.25, 0.3) is 0 Å². The summed E-state index contributed by atoms with van der Waals surface area (Å²) in [7, 11) is 1.92. The van der Waals surface area contributed by atoms with E-state index in [9.17, 15) is 0 Å². The summed E-state index contributed by atoms with van der Waals surface area (Å²) in [6, 6.07) is 0. The van der Waals surface area contributed by atoms with E-state index in [2.05, 4.69) is 32.1 Å². The van der Waals surface area contributed by atoms with Crippen molar-refractivity contribution >= 4 is 11.8 Å². The summed E-state index contributed by atoms with van der Waals surface area (Å²) in [5.41, 5.74) is 0. The minimum Gasteiger partial charge on any atom is -0.309 e. The van der Waals surface area contributed by atoms with Crippen molar-refractivity contribution in [3.63, 3.8) is 0 Å². The van der Waals surface area contributed by atoms with Gasteiger partial charge in [-0.25, -0.2) is 4.98 Å². The van der Waals surface area contributed by atoms with E-state index in [1.54, 1.807) is 6.33 Å². The van der Waals surface area contributed by atoms with Crippen LogP contribution in [0.5, 0.6) is 0 Å². The number of aryl methyl sites for hydroxylation is 1. The van der Waals surface area contributed by atoms with E-state index in [1.165, 1.54) is 24.6 Å². The topological polar surface area (TPSA) is 46.0 Å². The van der Waals surface area contributed by atoms with Gasteiger partial charge in [-0.3, -0.25) is 4.68 Å². The Labute approximate surface area is 101 Å². The van der Waals surface area contributed by atoms with Crippen LogP contribution < -0.4 is 5.32 Å². The summed E-state index contributed by atoms with van der Waals surface area (Å²) in [4.78, 5) is 6.69. The molecule has 5 nitrogen and oxygen atoms in total. The minimum absolute atomic E-state index is 0.805. The van der Waals surface area contributed by atoms with Crippen molar-refractivity contribution in [2.75, 3.05) is 37.7 Å². The fraction of sp³-hybridized carbons (Fsp3) is 0.800. The molecule has 1 aliphatic rings. The Kier molecular flexibility index (Phi) is 4.62. The highest BCUT2D eigenvalue weighted by Gasteiger charge is 2.09. The van der Waals surface area contributed by atoms with Crippen molar-refractivity contribution in [2.45, 2.75) is 6.54 Å². The standard InChI is InChI=1S/C10H19N5S/c1-14-10(12-9-13-14)8-11-2-3-15-4-6-16-7-5-15/h9,11H,2-8H2,1H3. The molecule has 0 radical (unpaired) electrons. The Hall–Kier alpha value is -0.590. The molecule has 0 bridgehead atoms. The zero-order valence-electron chi connectivity index (χ0n) is 9.72. The highest BCUT2D eigenvalue weighted by molar-refractivity contribution is 7.99. The molecule has 90 valence electrons. The maximum Gasteiger partial charge on any atom is 0.140 e. The lowest BCUT2D eigenvalue weighted by Crippen LogP contribution is -2.37. The number of hydrogen-bond donors (Lipinski definition) is 1. The van der Waals surface area contributed by atoms with Crippen molar-refractivity contribution in [1.82, 2.24) is 25.0 Å². The molecule has 0 unspecified atom stereocenters. The number of thioether (sulfide) groups is 1. The lowest BCUT2D eigenvalue weighted by Gasteiger charge is -2.25. The average molecular weight is 241 g/mol. The lowest BCUT2D eigenvalue weighted by atomic mass is 10.4. The number of hydrogen-bond acceptors (Lipinski definition) is 5. The fourth-order valence-corrected chi connectivity index (χ4v) is 2.72. The van der Waals surface area contributed by atoms with Crippen molar-refractivity contribution in [1.29, 1.82) is 0 Å². The van der Waals surface area contributed by atoms with E-state index in [0.29, 0.717) is 0 Å².